The number of aliphatic hydroxyl groups is 1. The van der Waals surface area contributed by atoms with Crippen LogP contribution in [0.3, 0.4) is 0 Å². The van der Waals surface area contributed by atoms with Crippen molar-refractivity contribution in [3.63, 3.8) is 0 Å². The quantitative estimate of drug-likeness (QED) is 0.825. The fourth-order valence-electron chi connectivity index (χ4n) is 1.95. The van der Waals surface area contributed by atoms with Crippen LogP contribution in [0, 0.1) is 0 Å². The number of carbonyl (C=O) groups is 1. The van der Waals surface area contributed by atoms with E-state index in [0.29, 0.717) is 11.4 Å². The van der Waals surface area contributed by atoms with Crippen LogP contribution < -0.4 is 10.1 Å². The van der Waals surface area contributed by atoms with Crippen molar-refractivity contribution in [2.24, 2.45) is 0 Å². The maximum atomic E-state index is 12.0. The monoisotopic (exact) mass is 314 g/mol. The van der Waals surface area contributed by atoms with Gasteiger partial charge in [0.1, 0.15) is 11.5 Å². The molecule has 0 aliphatic heterocycles. The predicted molar refractivity (Wildman–Crippen MR) is 90.8 cm³/mol. The zero-order chi connectivity index (χ0) is 16.7. The molecule has 2 rings (SSSR count). The Labute approximate surface area is 136 Å². The second-order valence-electron chi connectivity index (χ2n) is 5.43. The Balaban J connectivity index is 1.88. The van der Waals surface area contributed by atoms with Gasteiger partial charge in [-0.2, -0.15) is 0 Å². The van der Waals surface area contributed by atoms with Crippen molar-refractivity contribution in [3.8, 4) is 11.5 Å². The first-order chi connectivity index (χ1) is 11.1. The predicted octanol–water partition coefficient (Wildman–Crippen LogP) is 2.73. The van der Waals surface area contributed by atoms with Gasteiger partial charge in [-0.15, -0.1) is 0 Å². The summed E-state index contributed by atoms with van der Waals surface area (Å²) in [6, 6.07) is 16.7. The molecule has 0 aliphatic carbocycles. The maximum absolute atomic E-state index is 12.0. The number of nitrogens with zero attached hydrogens (tertiary/aromatic N) is 1. The highest BCUT2D eigenvalue weighted by Crippen LogP contribution is 2.22. The van der Waals surface area contributed by atoms with Crippen LogP contribution >= 0.6 is 0 Å². The third kappa shape index (κ3) is 5.39. The Hall–Kier alpha value is -2.37. The van der Waals surface area contributed by atoms with Crippen LogP contribution in [-0.2, 0) is 4.79 Å². The van der Waals surface area contributed by atoms with Gasteiger partial charge in [-0.3, -0.25) is 9.69 Å². The largest absolute Gasteiger partial charge is 0.457 e. The number of ether oxygens (including phenoxy) is 1. The lowest BCUT2D eigenvalue weighted by molar-refractivity contribution is -0.117. The zero-order valence-electron chi connectivity index (χ0n) is 13.4. The van der Waals surface area contributed by atoms with Gasteiger partial charge in [0.05, 0.1) is 13.2 Å². The number of carbonyl (C=O) groups excluding carboxylic acids is 1. The average Bonchev–Trinajstić information content (AvgIpc) is 2.56. The molecule has 0 saturated heterocycles. The number of para-hydroxylation sites is 1. The van der Waals surface area contributed by atoms with Gasteiger partial charge in [0, 0.05) is 11.7 Å². The Morgan fingerprint density at radius 1 is 1.13 bits per heavy atom. The molecule has 0 spiro atoms. The van der Waals surface area contributed by atoms with E-state index in [-0.39, 0.29) is 25.1 Å². The molecule has 23 heavy (non-hydrogen) atoms. The van der Waals surface area contributed by atoms with Crippen molar-refractivity contribution in [1.29, 1.82) is 0 Å². The van der Waals surface area contributed by atoms with Crippen LogP contribution in [0.2, 0.25) is 0 Å². The minimum atomic E-state index is -0.121. The van der Waals surface area contributed by atoms with Gasteiger partial charge in [0.2, 0.25) is 5.91 Å². The molecule has 2 N–H and O–H groups in total. The van der Waals surface area contributed by atoms with Crippen LogP contribution in [0.15, 0.2) is 54.6 Å². The number of rotatable bonds is 7. The molecular formula is C18H22N2O3. The first kappa shape index (κ1) is 17.0. The summed E-state index contributed by atoms with van der Waals surface area (Å²) >= 11 is 0. The summed E-state index contributed by atoms with van der Waals surface area (Å²) in [6.07, 6.45) is 0. The number of anilines is 1. The molecule has 2 aromatic carbocycles. The summed E-state index contributed by atoms with van der Waals surface area (Å²) in [6.45, 7) is 2.11. The topological polar surface area (TPSA) is 61.8 Å². The van der Waals surface area contributed by atoms with Crippen LogP contribution in [-0.4, -0.2) is 42.2 Å². The van der Waals surface area contributed by atoms with E-state index in [1.807, 2.05) is 49.4 Å². The van der Waals surface area contributed by atoms with E-state index in [1.165, 1.54) is 0 Å². The highest BCUT2D eigenvalue weighted by molar-refractivity contribution is 5.92. The molecule has 5 heteroatoms. The smallest absolute Gasteiger partial charge is 0.238 e. The molecule has 0 fully saturated rings. The van der Waals surface area contributed by atoms with Gasteiger partial charge in [-0.05, 0) is 50.4 Å². The lowest BCUT2D eigenvalue weighted by Crippen LogP contribution is -2.38. The van der Waals surface area contributed by atoms with Gasteiger partial charge in [0.25, 0.3) is 0 Å². The standard InChI is InChI=1S/C18H22N2O3/c1-14(13-21)20(2)12-18(22)19-15-8-10-17(11-9-15)23-16-6-4-3-5-7-16/h3-11,14,21H,12-13H2,1-2H3,(H,19,22). The van der Waals surface area contributed by atoms with Crippen molar-refractivity contribution in [3.05, 3.63) is 54.6 Å². The van der Waals surface area contributed by atoms with Crippen molar-refractivity contribution >= 4 is 11.6 Å². The fraction of sp³-hybridized carbons (Fsp3) is 0.278. The average molecular weight is 314 g/mol. The van der Waals surface area contributed by atoms with Gasteiger partial charge in [-0.1, -0.05) is 18.2 Å². The van der Waals surface area contributed by atoms with Gasteiger partial charge >= 0.3 is 0 Å². The Kier molecular flexibility index (Phi) is 6.14. The molecule has 1 amide bonds. The first-order valence-corrected chi connectivity index (χ1v) is 7.52. The minimum Gasteiger partial charge on any atom is -0.457 e. The summed E-state index contributed by atoms with van der Waals surface area (Å²) in [4.78, 5) is 13.7. The third-order valence-corrected chi connectivity index (χ3v) is 3.53. The molecular weight excluding hydrogens is 292 g/mol. The molecule has 0 radical (unpaired) electrons. The van der Waals surface area contributed by atoms with Crippen LogP contribution in [0.4, 0.5) is 5.69 Å². The zero-order valence-corrected chi connectivity index (χ0v) is 13.4. The van der Waals surface area contributed by atoms with Crippen molar-refractivity contribution < 1.29 is 14.6 Å². The van der Waals surface area contributed by atoms with Crippen LogP contribution in [0.5, 0.6) is 11.5 Å². The highest BCUT2D eigenvalue weighted by Gasteiger charge is 2.12. The number of likely N-dealkylation sites (N-methyl/N-ethyl adjacent to an activating group) is 1. The van der Waals surface area contributed by atoms with Crippen molar-refractivity contribution in [1.82, 2.24) is 4.90 Å². The summed E-state index contributed by atoms with van der Waals surface area (Å²) < 4.78 is 5.70. The molecule has 0 heterocycles. The highest BCUT2D eigenvalue weighted by atomic mass is 16.5. The first-order valence-electron chi connectivity index (χ1n) is 7.52. The maximum Gasteiger partial charge on any atom is 0.238 e. The molecule has 1 unspecified atom stereocenters. The number of benzene rings is 2. The van der Waals surface area contributed by atoms with E-state index >= 15 is 0 Å². The number of nitrogens with one attached hydrogen (secondary N) is 1. The minimum absolute atomic E-state index is 0.0231. The summed E-state index contributed by atoms with van der Waals surface area (Å²) in [5.41, 5.74) is 0.709. The van der Waals surface area contributed by atoms with Crippen molar-refractivity contribution in [2.75, 3.05) is 25.5 Å². The van der Waals surface area contributed by atoms with Crippen LogP contribution in [0.25, 0.3) is 0 Å². The second-order valence-corrected chi connectivity index (χ2v) is 5.43. The number of hydrogen-bond acceptors (Lipinski definition) is 4. The lowest BCUT2D eigenvalue weighted by atomic mass is 10.3. The van der Waals surface area contributed by atoms with E-state index in [1.54, 1.807) is 24.1 Å². The molecule has 0 saturated carbocycles. The third-order valence-electron chi connectivity index (χ3n) is 3.53. The Bertz CT molecular complexity index is 614. The van der Waals surface area contributed by atoms with E-state index in [2.05, 4.69) is 5.32 Å². The lowest BCUT2D eigenvalue weighted by Gasteiger charge is -2.21. The van der Waals surface area contributed by atoms with Gasteiger partial charge < -0.3 is 15.2 Å². The fourth-order valence-corrected chi connectivity index (χ4v) is 1.95. The van der Waals surface area contributed by atoms with Crippen molar-refractivity contribution in [2.45, 2.75) is 13.0 Å². The SMILES string of the molecule is CC(CO)N(C)CC(=O)Nc1ccc(Oc2ccccc2)cc1. The Morgan fingerprint density at radius 3 is 2.35 bits per heavy atom. The van der Waals surface area contributed by atoms with Gasteiger partial charge in [0.15, 0.2) is 0 Å². The molecule has 0 aromatic heterocycles. The molecule has 0 aliphatic rings. The van der Waals surface area contributed by atoms with E-state index in [4.69, 9.17) is 9.84 Å². The normalized spacial score (nSPS) is 12.0. The molecule has 122 valence electrons. The number of aliphatic hydroxyl groups excluding tert-OH is 1. The summed E-state index contributed by atoms with van der Waals surface area (Å²) in [5, 5.41) is 11.9. The Morgan fingerprint density at radius 2 is 1.74 bits per heavy atom. The van der Waals surface area contributed by atoms with E-state index in [0.717, 1.165) is 5.75 Å². The number of hydrogen-bond donors (Lipinski definition) is 2. The van der Waals surface area contributed by atoms with E-state index in [9.17, 15) is 4.79 Å². The molecule has 2 aromatic rings. The molecule has 5 nitrogen and oxygen atoms in total. The number of amides is 1. The molecule has 1 atom stereocenters. The van der Waals surface area contributed by atoms with Gasteiger partial charge in [-0.25, -0.2) is 0 Å². The van der Waals surface area contributed by atoms with Crippen LogP contribution in [0.1, 0.15) is 6.92 Å². The van der Waals surface area contributed by atoms with E-state index < -0.39 is 0 Å². The summed E-state index contributed by atoms with van der Waals surface area (Å²) in [5.74, 6) is 1.36. The summed E-state index contributed by atoms with van der Waals surface area (Å²) in [7, 11) is 1.80. The second kappa shape index (κ2) is 8.31. The molecule has 0 bridgehead atoms.